The van der Waals surface area contributed by atoms with Gasteiger partial charge < -0.3 is 5.73 Å². The van der Waals surface area contributed by atoms with Gasteiger partial charge in [0.05, 0.1) is 6.04 Å². The number of hydrogen-bond donors (Lipinski definition) is 1. The molecule has 1 aromatic rings. The van der Waals surface area contributed by atoms with E-state index in [1.165, 1.54) is 31.5 Å². The topological polar surface area (TPSA) is 29.3 Å². The number of likely N-dealkylation sites (tertiary alicyclic amines) is 1. The second-order valence-corrected chi connectivity index (χ2v) is 6.10. The lowest BCUT2D eigenvalue weighted by Crippen LogP contribution is -2.45. The van der Waals surface area contributed by atoms with Crippen LogP contribution in [0.3, 0.4) is 0 Å². The summed E-state index contributed by atoms with van der Waals surface area (Å²) in [4.78, 5) is 2.60. The molecular weight excluding hydrogens is 228 g/mol. The molecule has 2 N–H and O–H groups in total. The Morgan fingerprint density at radius 3 is 3.00 bits per heavy atom. The third-order valence-corrected chi connectivity index (χ3v) is 4.54. The number of nitrogens with two attached hydrogens (primary N) is 1. The summed E-state index contributed by atoms with van der Waals surface area (Å²) in [5, 5.41) is 4.43. The van der Waals surface area contributed by atoms with E-state index in [2.05, 4.69) is 35.6 Å². The predicted molar refractivity (Wildman–Crippen MR) is 75.3 cm³/mol. The van der Waals surface area contributed by atoms with E-state index >= 15 is 0 Å². The summed E-state index contributed by atoms with van der Waals surface area (Å²) in [5.41, 5.74) is 7.76. The SMILES string of the molecule is CCC(N)C(c1ccsc1)N1CCCC(C)C1. The fourth-order valence-corrected chi connectivity index (χ4v) is 3.56. The van der Waals surface area contributed by atoms with Crippen molar-refractivity contribution in [3.8, 4) is 0 Å². The maximum absolute atomic E-state index is 6.35. The first kappa shape index (κ1) is 13.1. The lowest BCUT2D eigenvalue weighted by atomic mass is 9.93. The number of nitrogens with zero attached hydrogens (tertiary/aromatic N) is 1. The van der Waals surface area contributed by atoms with Gasteiger partial charge in [0.2, 0.25) is 0 Å². The Hall–Kier alpha value is -0.380. The molecule has 1 aliphatic rings. The average Bonchev–Trinajstić information content (AvgIpc) is 2.83. The molecule has 96 valence electrons. The van der Waals surface area contributed by atoms with Gasteiger partial charge >= 0.3 is 0 Å². The summed E-state index contributed by atoms with van der Waals surface area (Å²) in [6, 6.07) is 2.92. The maximum atomic E-state index is 6.35. The lowest BCUT2D eigenvalue weighted by molar-refractivity contribution is 0.112. The molecule has 2 rings (SSSR count). The number of thiophene rings is 1. The van der Waals surface area contributed by atoms with Gasteiger partial charge in [0.25, 0.3) is 0 Å². The number of piperidine rings is 1. The van der Waals surface area contributed by atoms with E-state index in [0.29, 0.717) is 6.04 Å². The van der Waals surface area contributed by atoms with Crippen molar-refractivity contribution in [3.63, 3.8) is 0 Å². The molecule has 1 saturated heterocycles. The fraction of sp³-hybridized carbons (Fsp3) is 0.714. The van der Waals surface area contributed by atoms with Gasteiger partial charge in [0.1, 0.15) is 0 Å². The van der Waals surface area contributed by atoms with Gasteiger partial charge in [-0.05, 0) is 54.1 Å². The zero-order valence-electron chi connectivity index (χ0n) is 10.9. The molecule has 2 heterocycles. The minimum absolute atomic E-state index is 0.259. The van der Waals surface area contributed by atoms with Crippen LogP contribution < -0.4 is 5.73 Å². The van der Waals surface area contributed by atoms with Crippen molar-refractivity contribution in [2.45, 2.75) is 45.2 Å². The molecule has 1 fully saturated rings. The van der Waals surface area contributed by atoms with E-state index in [-0.39, 0.29) is 6.04 Å². The minimum Gasteiger partial charge on any atom is -0.326 e. The molecule has 0 aliphatic carbocycles. The van der Waals surface area contributed by atoms with Crippen LogP contribution in [0.4, 0.5) is 0 Å². The minimum atomic E-state index is 0.259. The van der Waals surface area contributed by atoms with Crippen LogP contribution in [0.1, 0.15) is 44.7 Å². The van der Waals surface area contributed by atoms with Crippen LogP contribution in [0.15, 0.2) is 16.8 Å². The Labute approximate surface area is 109 Å². The first-order chi connectivity index (χ1) is 8.22. The normalized spacial score (nSPS) is 25.7. The monoisotopic (exact) mass is 252 g/mol. The van der Waals surface area contributed by atoms with E-state index in [9.17, 15) is 0 Å². The highest BCUT2D eigenvalue weighted by molar-refractivity contribution is 7.07. The third-order valence-electron chi connectivity index (χ3n) is 3.84. The summed E-state index contributed by atoms with van der Waals surface area (Å²) in [6.45, 7) is 6.96. The second-order valence-electron chi connectivity index (χ2n) is 5.32. The largest absolute Gasteiger partial charge is 0.326 e. The molecular formula is C14H24N2S. The van der Waals surface area contributed by atoms with Crippen molar-refractivity contribution >= 4 is 11.3 Å². The van der Waals surface area contributed by atoms with Crippen LogP contribution in [-0.2, 0) is 0 Å². The predicted octanol–water partition coefficient (Wildman–Crippen LogP) is 3.26. The molecule has 17 heavy (non-hydrogen) atoms. The van der Waals surface area contributed by atoms with Crippen molar-refractivity contribution in [2.75, 3.05) is 13.1 Å². The molecule has 2 nitrogen and oxygen atoms in total. The molecule has 3 heteroatoms. The second kappa shape index (κ2) is 5.98. The Morgan fingerprint density at radius 2 is 2.41 bits per heavy atom. The quantitative estimate of drug-likeness (QED) is 0.891. The van der Waals surface area contributed by atoms with E-state index in [1.807, 2.05) is 0 Å². The highest BCUT2D eigenvalue weighted by Crippen LogP contribution is 2.30. The number of rotatable bonds is 4. The smallest absolute Gasteiger partial charge is 0.0507 e. The highest BCUT2D eigenvalue weighted by Gasteiger charge is 2.28. The van der Waals surface area contributed by atoms with Gasteiger partial charge in [0.15, 0.2) is 0 Å². The molecule has 0 amide bonds. The molecule has 0 aromatic carbocycles. The molecule has 1 aromatic heterocycles. The zero-order valence-corrected chi connectivity index (χ0v) is 11.7. The van der Waals surface area contributed by atoms with Gasteiger partial charge in [-0.1, -0.05) is 13.8 Å². The van der Waals surface area contributed by atoms with E-state index < -0.39 is 0 Å². The first-order valence-electron chi connectivity index (χ1n) is 6.74. The Morgan fingerprint density at radius 1 is 1.59 bits per heavy atom. The maximum Gasteiger partial charge on any atom is 0.0507 e. The van der Waals surface area contributed by atoms with Crippen molar-refractivity contribution in [3.05, 3.63) is 22.4 Å². The van der Waals surface area contributed by atoms with Crippen molar-refractivity contribution < 1.29 is 0 Å². The van der Waals surface area contributed by atoms with Gasteiger partial charge in [-0.25, -0.2) is 0 Å². The standard InChI is InChI=1S/C14H24N2S/c1-3-13(15)14(12-6-8-17-10-12)16-7-4-5-11(2)9-16/h6,8,10-11,13-14H,3-5,7,9,15H2,1-2H3. The fourth-order valence-electron chi connectivity index (χ4n) is 2.87. The molecule has 1 aliphatic heterocycles. The zero-order chi connectivity index (χ0) is 12.3. The summed E-state index contributed by atoms with van der Waals surface area (Å²) in [5.74, 6) is 0.814. The van der Waals surface area contributed by atoms with E-state index in [4.69, 9.17) is 5.73 Å². The molecule has 0 radical (unpaired) electrons. The molecule has 3 atom stereocenters. The molecule has 0 bridgehead atoms. The summed E-state index contributed by atoms with van der Waals surface area (Å²) in [7, 11) is 0. The van der Waals surface area contributed by atoms with Crippen LogP contribution in [0, 0.1) is 5.92 Å². The van der Waals surface area contributed by atoms with Crippen LogP contribution in [-0.4, -0.2) is 24.0 Å². The van der Waals surface area contributed by atoms with Crippen molar-refractivity contribution in [1.82, 2.24) is 4.90 Å². The number of hydrogen-bond acceptors (Lipinski definition) is 3. The Bertz CT molecular complexity index is 323. The lowest BCUT2D eigenvalue weighted by Gasteiger charge is -2.39. The van der Waals surface area contributed by atoms with Crippen LogP contribution in [0.25, 0.3) is 0 Å². The van der Waals surface area contributed by atoms with E-state index in [0.717, 1.165) is 12.3 Å². The van der Waals surface area contributed by atoms with Gasteiger partial charge in [0, 0.05) is 12.6 Å². The summed E-state index contributed by atoms with van der Waals surface area (Å²) >= 11 is 1.78. The Kier molecular flexibility index (Phi) is 4.60. The van der Waals surface area contributed by atoms with Crippen molar-refractivity contribution in [2.24, 2.45) is 11.7 Å². The summed E-state index contributed by atoms with van der Waals surface area (Å²) < 4.78 is 0. The van der Waals surface area contributed by atoms with Crippen LogP contribution in [0.2, 0.25) is 0 Å². The van der Waals surface area contributed by atoms with E-state index in [1.54, 1.807) is 11.3 Å². The summed E-state index contributed by atoms with van der Waals surface area (Å²) in [6.07, 6.45) is 3.73. The first-order valence-corrected chi connectivity index (χ1v) is 7.68. The van der Waals surface area contributed by atoms with Crippen molar-refractivity contribution in [1.29, 1.82) is 0 Å². The highest BCUT2D eigenvalue weighted by atomic mass is 32.1. The average molecular weight is 252 g/mol. The Balaban J connectivity index is 2.15. The van der Waals surface area contributed by atoms with Gasteiger partial charge in [-0.15, -0.1) is 0 Å². The third kappa shape index (κ3) is 3.09. The molecule has 0 saturated carbocycles. The molecule has 0 spiro atoms. The van der Waals surface area contributed by atoms with Gasteiger partial charge in [-0.3, -0.25) is 4.90 Å². The van der Waals surface area contributed by atoms with Crippen LogP contribution >= 0.6 is 11.3 Å². The van der Waals surface area contributed by atoms with Gasteiger partial charge in [-0.2, -0.15) is 11.3 Å². The molecule has 3 unspecified atom stereocenters. The van der Waals surface area contributed by atoms with Crippen LogP contribution in [0.5, 0.6) is 0 Å².